The van der Waals surface area contributed by atoms with Gasteiger partial charge in [0.05, 0.1) is 7.11 Å². The molecule has 100 valence electrons. The molecule has 2 atom stereocenters. The van der Waals surface area contributed by atoms with Crippen LogP contribution in [0.2, 0.25) is 0 Å². The highest BCUT2D eigenvalue weighted by Crippen LogP contribution is 2.04. The van der Waals surface area contributed by atoms with Gasteiger partial charge in [0, 0.05) is 5.75 Å². The fraction of sp³-hybridized carbons (Fsp3) is 0.800. The van der Waals surface area contributed by atoms with E-state index in [4.69, 9.17) is 0 Å². The van der Waals surface area contributed by atoms with Crippen molar-refractivity contribution in [2.24, 2.45) is 0 Å². The van der Waals surface area contributed by atoms with Gasteiger partial charge in [-0.15, -0.1) is 0 Å². The monoisotopic (exact) mass is 281 g/mol. The van der Waals surface area contributed by atoms with Crippen LogP contribution in [0.5, 0.6) is 0 Å². The molecule has 0 rings (SSSR count). The van der Waals surface area contributed by atoms with Crippen LogP contribution in [-0.4, -0.2) is 60.3 Å². The number of hydrogen-bond acceptors (Lipinski definition) is 6. The van der Waals surface area contributed by atoms with E-state index in [1.54, 1.807) is 18.0 Å². The average Bonchev–Trinajstić information content (AvgIpc) is 2.33. The Kier molecular flexibility index (Phi) is 9.39. The zero-order valence-electron chi connectivity index (χ0n) is 10.3. The molecule has 0 saturated carbocycles. The number of hydrogen-bond donors (Lipinski definition) is 2. The Balaban J connectivity index is 4.31. The number of ether oxygens (including phenoxy) is 1. The Hall–Kier alpha value is -0.400. The fourth-order valence-corrected chi connectivity index (χ4v) is 2.07. The smallest absolute Gasteiger partial charge is 0.328 e. The maximum absolute atomic E-state index is 11.5. The largest absolute Gasteiger partial charge is 0.467 e. The van der Waals surface area contributed by atoms with Crippen molar-refractivity contribution in [3.63, 3.8) is 0 Å². The van der Waals surface area contributed by atoms with Crippen LogP contribution < -0.4 is 5.32 Å². The number of esters is 1. The lowest BCUT2D eigenvalue weighted by atomic mass is 10.2. The van der Waals surface area contributed by atoms with Crippen molar-refractivity contribution >= 4 is 35.4 Å². The van der Waals surface area contributed by atoms with Crippen LogP contribution in [0.4, 0.5) is 0 Å². The van der Waals surface area contributed by atoms with Gasteiger partial charge in [-0.25, -0.2) is 4.79 Å². The Morgan fingerprint density at radius 1 is 1.35 bits per heavy atom. The highest BCUT2D eigenvalue weighted by Gasteiger charge is 2.24. The minimum atomic E-state index is -1.09. The van der Waals surface area contributed by atoms with E-state index in [-0.39, 0.29) is 0 Å². The molecule has 1 amide bonds. The minimum absolute atomic E-state index is 0.308. The molecule has 0 radical (unpaired) electrons. The van der Waals surface area contributed by atoms with Crippen molar-refractivity contribution in [1.29, 1.82) is 0 Å². The van der Waals surface area contributed by atoms with Crippen LogP contribution in [-0.2, 0) is 14.3 Å². The number of carbonyl (C=O) groups excluding carboxylic acids is 2. The highest BCUT2D eigenvalue weighted by atomic mass is 32.2. The number of nitrogens with one attached hydrogen (secondary N) is 1. The summed E-state index contributed by atoms with van der Waals surface area (Å²) in [6, 6.07) is -0.684. The van der Waals surface area contributed by atoms with Gasteiger partial charge in [0.2, 0.25) is 5.91 Å². The Labute approximate surface area is 110 Å². The molecule has 0 aliphatic rings. The first-order valence-corrected chi connectivity index (χ1v) is 7.89. The lowest BCUT2D eigenvalue weighted by Gasteiger charge is -2.18. The number of rotatable bonds is 8. The second-order valence-electron chi connectivity index (χ2n) is 3.34. The van der Waals surface area contributed by atoms with Gasteiger partial charge >= 0.3 is 5.97 Å². The molecule has 0 aromatic rings. The summed E-state index contributed by atoms with van der Waals surface area (Å²) in [4.78, 5) is 22.9. The van der Waals surface area contributed by atoms with E-state index < -0.39 is 24.0 Å². The molecule has 0 bridgehead atoms. The number of amides is 1. The van der Waals surface area contributed by atoms with Gasteiger partial charge in [0.15, 0.2) is 0 Å². The summed E-state index contributed by atoms with van der Waals surface area (Å²) < 4.78 is 4.60. The topological polar surface area (TPSA) is 75.6 Å². The summed E-state index contributed by atoms with van der Waals surface area (Å²) in [6.45, 7) is 0. The zero-order chi connectivity index (χ0) is 13.3. The van der Waals surface area contributed by atoms with Crippen molar-refractivity contribution in [2.45, 2.75) is 18.6 Å². The Morgan fingerprint density at radius 2 is 2.00 bits per heavy atom. The van der Waals surface area contributed by atoms with Crippen molar-refractivity contribution in [1.82, 2.24) is 5.32 Å². The predicted molar refractivity (Wildman–Crippen MR) is 71.3 cm³/mol. The van der Waals surface area contributed by atoms with Crippen LogP contribution in [0.15, 0.2) is 0 Å². The van der Waals surface area contributed by atoms with Crippen LogP contribution in [0.25, 0.3) is 0 Å². The minimum Gasteiger partial charge on any atom is -0.467 e. The summed E-state index contributed by atoms with van der Waals surface area (Å²) in [5.74, 6) is 0.0283. The molecule has 2 N–H and O–H groups in total. The summed E-state index contributed by atoms with van der Waals surface area (Å²) >= 11 is 2.94. The summed E-state index contributed by atoms with van der Waals surface area (Å²) in [5, 5.41) is 12.0. The van der Waals surface area contributed by atoms with Gasteiger partial charge in [-0.2, -0.15) is 23.5 Å². The van der Waals surface area contributed by atoms with Crippen LogP contribution in [0, 0.1) is 0 Å². The third-order valence-electron chi connectivity index (χ3n) is 2.04. The standard InChI is InChI=1S/C10H19NO4S2/c1-15-10(14)7(4-5-16-2)11-9(13)8(12)6-17-3/h7-8,12H,4-6H2,1-3H3,(H,11,13)/t7-,8-/m0/s1. The normalized spacial score (nSPS) is 13.9. The van der Waals surface area contributed by atoms with Gasteiger partial charge in [0.25, 0.3) is 0 Å². The van der Waals surface area contributed by atoms with E-state index in [0.717, 1.165) is 5.75 Å². The lowest BCUT2D eigenvalue weighted by Crippen LogP contribution is -2.46. The van der Waals surface area contributed by atoms with E-state index in [2.05, 4.69) is 10.1 Å². The van der Waals surface area contributed by atoms with E-state index in [0.29, 0.717) is 12.2 Å². The highest BCUT2D eigenvalue weighted by molar-refractivity contribution is 7.98. The molecule has 5 nitrogen and oxygen atoms in total. The number of thioether (sulfide) groups is 2. The molecule has 0 saturated heterocycles. The molecule has 0 spiro atoms. The van der Waals surface area contributed by atoms with Crippen molar-refractivity contribution in [3.8, 4) is 0 Å². The van der Waals surface area contributed by atoms with E-state index in [1.165, 1.54) is 18.9 Å². The van der Waals surface area contributed by atoms with Gasteiger partial charge < -0.3 is 15.2 Å². The second-order valence-corrected chi connectivity index (χ2v) is 5.23. The average molecular weight is 281 g/mol. The first-order chi connectivity index (χ1) is 8.06. The van der Waals surface area contributed by atoms with Crippen LogP contribution in [0.1, 0.15) is 6.42 Å². The summed E-state index contributed by atoms with van der Waals surface area (Å²) in [7, 11) is 1.28. The van der Waals surface area contributed by atoms with E-state index in [9.17, 15) is 14.7 Å². The quantitative estimate of drug-likeness (QED) is 0.616. The number of methoxy groups -OCH3 is 1. The summed E-state index contributed by atoms with van der Waals surface area (Å²) in [6.07, 6.45) is 3.11. The first kappa shape index (κ1) is 16.6. The van der Waals surface area contributed by atoms with Crippen molar-refractivity contribution in [2.75, 3.05) is 31.1 Å². The Morgan fingerprint density at radius 3 is 2.47 bits per heavy atom. The predicted octanol–water partition coefficient (Wildman–Crippen LogP) is 0.121. The third-order valence-corrected chi connectivity index (χ3v) is 3.33. The lowest BCUT2D eigenvalue weighted by molar-refractivity contribution is -0.146. The zero-order valence-corrected chi connectivity index (χ0v) is 11.9. The second kappa shape index (κ2) is 9.61. The molecular weight excluding hydrogens is 262 g/mol. The maximum Gasteiger partial charge on any atom is 0.328 e. The molecule has 0 heterocycles. The van der Waals surface area contributed by atoms with Crippen molar-refractivity contribution < 1.29 is 19.4 Å². The van der Waals surface area contributed by atoms with Gasteiger partial charge in [0.1, 0.15) is 12.1 Å². The molecule has 0 aliphatic heterocycles. The Bertz CT molecular complexity index is 250. The van der Waals surface area contributed by atoms with Crippen LogP contribution >= 0.6 is 23.5 Å². The molecule has 17 heavy (non-hydrogen) atoms. The number of aliphatic hydroxyl groups excluding tert-OH is 1. The summed E-state index contributed by atoms with van der Waals surface area (Å²) in [5.41, 5.74) is 0. The SMILES string of the molecule is COC(=O)[C@H](CCSC)NC(=O)[C@@H](O)CSC. The molecule has 7 heteroatoms. The molecule has 0 fully saturated rings. The number of aliphatic hydroxyl groups is 1. The van der Waals surface area contributed by atoms with Gasteiger partial charge in [-0.05, 0) is 24.7 Å². The molecule has 0 aromatic carbocycles. The van der Waals surface area contributed by atoms with Gasteiger partial charge in [-0.3, -0.25) is 4.79 Å². The van der Waals surface area contributed by atoms with Gasteiger partial charge in [-0.1, -0.05) is 0 Å². The molecule has 0 aliphatic carbocycles. The van der Waals surface area contributed by atoms with E-state index >= 15 is 0 Å². The van der Waals surface area contributed by atoms with E-state index in [1.807, 2.05) is 6.26 Å². The fourth-order valence-electron chi connectivity index (χ4n) is 1.13. The first-order valence-electron chi connectivity index (χ1n) is 5.11. The number of carbonyl (C=O) groups is 2. The maximum atomic E-state index is 11.5. The van der Waals surface area contributed by atoms with Crippen LogP contribution in [0.3, 0.4) is 0 Å². The molecule has 0 unspecified atom stereocenters. The van der Waals surface area contributed by atoms with Crippen molar-refractivity contribution in [3.05, 3.63) is 0 Å². The third kappa shape index (κ3) is 6.80. The molecule has 0 aromatic heterocycles. The molecular formula is C10H19NO4S2.